The maximum Gasteiger partial charge on any atom is 0.279 e. The van der Waals surface area contributed by atoms with Gasteiger partial charge in [0.05, 0.1) is 29.7 Å². The van der Waals surface area contributed by atoms with Crippen molar-refractivity contribution in [3.63, 3.8) is 0 Å². The number of benzene rings is 2. The number of hydrogen-bond acceptors (Lipinski definition) is 2. The van der Waals surface area contributed by atoms with Gasteiger partial charge in [-0.05, 0) is 44.2 Å². The molecule has 0 bridgehead atoms. The van der Waals surface area contributed by atoms with E-state index in [1.54, 1.807) is 12.1 Å². The molecule has 0 radical (unpaired) electrons. The first-order chi connectivity index (χ1) is 12.9. The molecule has 3 rings (SSSR count). The Kier molecular flexibility index (Phi) is 5.66. The summed E-state index contributed by atoms with van der Waals surface area (Å²) >= 11 is 0. The number of nitrogens with one attached hydrogen (secondary N) is 2. The second-order valence-electron chi connectivity index (χ2n) is 6.77. The van der Waals surface area contributed by atoms with Gasteiger partial charge in [0, 0.05) is 5.69 Å². The van der Waals surface area contributed by atoms with Crippen molar-refractivity contribution in [2.75, 3.05) is 18.9 Å². The molecule has 1 aromatic heterocycles. The molecule has 140 valence electrons. The number of quaternary nitrogens is 1. The van der Waals surface area contributed by atoms with Crippen LogP contribution in [0.5, 0.6) is 0 Å². The van der Waals surface area contributed by atoms with Crippen molar-refractivity contribution >= 4 is 11.6 Å². The quantitative estimate of drug-likeness (QED) is 0.702. The van der Waals surface area contributed by atoms with Crippen molar-refractivity contribution in [1.82, 2.24) is 9.78 Å². The Hall–Kier alpha value is -2.99. The van der Waals surface area contributed by atoms with E-state index in [1.165, 1.54) is 12.1 Å². The Morgan fingerprint density at radius 2 is 1.89 bits per heavy atom. The fraction of sp³-hybridized carbons (Fsp3) is 0.238. The van der Waals surface area contributed by atoms with Gasteiger partial charge in [0.25, 0.3) is 5.91 Å². The molecule has 1 atom stereocenters. The molecule has 0 aliphatic carbocycles. The molecule has 3 aromatic rings. The van der Waals surface area contributed by atoms with Crippen LogP contribution in [0, 0.1) is 19.7 Å². The van der Waals surface area contributed by atoms with Crippen LogP contribution in [-0.2, 0) is 11.3 Å². The standard InChI is InChI=1S/C21H23FN4O/c1-15-20(16(2)26(24-15)19-10-5-4-6-11-19)13-25(3)14-21(27)23-18-9-7-8-17(22)12-18/h4-12H,13-14H2,1-3H3,(H,23,27)/p+1. The molecule has 0 fully saturated rings. The fourth-order valence-corrected chi connectivity index (χ4v) is 3.16. The second kappa shape index (κ2) is 8.14. The SMILES string of the molecule is Cc1nn(-c2ccccc2)c(C)c1C[NH+](C)CC(=O)Nc1cccc(F)c1. The van der Waals surface area contributed by atoms with Gasteiger partial charge in [-0.25, -0.2) is 9.07 Å². The lowest BCUT2D eigenvalue weighted by atomic mass is 10.2. The van der Waals surface area contributed by atoms with Gasteiger partial charge < -0.3 is 10.2 Å². The third-order valence-electron chi connectivity index (χ3n) is 4.49. The summed E-state index contributed by atoms with van der Waals surface area (Å²) in [6.07, 6.45) is 0. The Bertz CT molecular complexity index is 937. The lowest BCUT2D eigenvalue weighted by Crippen LogP contribution is -3.08. The number of halogens is 1. The summed E-state index contributed by atoms with van der Waals surface area (Å²) in [6, 6.07) is 15.9. The average Bonchev–Trinajstić information content (AvgIpc) is 2.90. The van der Waals surface area contributed by atoms with Gasteiger partial charge in [-0.3, -0.25) is 4.79 Å². The highest BCUT2D eigenvalue weighted by atomic mass is 19.1. The van der Waals surface area contributed by atoms with E-state index in [1.807, 2.05) is 55.9 Å². The molecular formula is C21H24FN4O+. The first kappa shape index (κ1) is 18.8. The van der Waals surface area contributed by atoms with E-state index in [-0.39, 0.29) is 18.3 Å². The van der Waals surface area contributed by atoms with Crippen LogP contribution in [0.4, 0.5) is 10.1 Å². The molecule has 0 aliphatic heterocycles. The van der Waals surface area contributed by atoms with Crippen LogP contribution in [0.3, 0.4) is 0 Å². The van der Waals surface area contributed by atoms with Crippen molar-refractivity contribution < 1.29 is 14.1 Å². The number of anilines is 1. The fourth-order valence-electron chi connectivity index (χ4n) is 3.16. The van der Waals surface area contributed by atoms with E-state index in [2.05, 4.69) is 10.4 Å². The Balaban J connectivity index is 1.66. The molecule has 2 aromatic carbocycles. The zero-order valence-electron chi connectivity index (χ0n) is 15.8. The van der Waals surface area contributed by atoms with Crippen molar-refractivity contribution in [3.05, 3.63) is 77.4 Å². The van der Waals surface area contributed by atoms with Gasteiger partial charge in [-0.1, -0.05) is 24.3 Å². The molecular weight excluding hydrogens is 343 g/mol. The Morgan fingerprint density at radius 1 is 1.15 bits per heavy atom. The maximum atomic E-state index is 13.2. The third-order valence-corrected chi connectivity index (χ3v) is 4.49. The number of hydrogen-bond donors (Lipinski definition) is 2. The Labute approximate surface area is 158 Å². The van der Waals surface area contributed by atoms with E-state index in [9.17, 15) is 9.18 Å². The number of carbonyl (C=O) groups is 1. The summed E-state index contributed by atoms with van der Waals surface area (Å²) in [7, 11) is 1.96. The van der Waals surface area contributed by atoms with Gasteiger partial charge in [-0.2, -0.15) is 5.10 Å². The Morgan fingerprint density at radius 3 is 2.59 bits per heavy atom. The summed E-state index contributed by atoms with van der Waals surface area (Å²) in [4.78, 5) is 13.3. The van der Waals surface area contributed by atoms with Crippen LogP contribution in [0.25, 0.3) is 5.69 Å². The second-order valence-corrected chi connectivity index (χ2v) is 6.77. The number of amides is 1. The highest BCUT2D eigenvalue weighted by Crippen LogP contribution is 2.17. The molecule has 1 amide bonds. The third kappa shape index (κ3) is 4.60. The lowest BCUT2D eigenvalue weighted by molar-refractivity contribution is -0.885. The summed E-state index contributed by atoms with van der Waals surface area (Å²) < 4.78 is 15.2. The van der Waals surface area contributed by atoms with Gasteiger partial charge in [0.15, 0.2) is 6.54 Å². The molecule has 1 heterocycles. The molecule has 0 saturated heterocycles. The van der Waals surface area contributed by atoms with Gasteiger partial charge >= 0.3 is 0 Å². The molecule has 0 spiro atoms. The number of para-hydroxylation sites is 1. The maximum absolute atomic E-state index is 13.2. The topological polar surface area (TPSA) is 51.4 Å². The minimum absolute atomic E-state index is 0.149. The predicted octanol–water partition coefficient (Wildman–Crippen LogP) is 2.28. The van der Waals surface area contributed by atoms with Gasteiger partial charge in [0.2, 0.25) is 0 Å². The van der Waals surface area contributed by atoms with E-state index >= 15 is 0 Å². The van der Waals surface area contributed by atoms with E-state index in [0.29, 0.717) is 12.2 Å². The summed E-state index contributed by atoms with van der Waals surface area (Å²) in [5.41, 5.74) is 4.66. The van der Waals surface area contributed by atoms with Crippen LogP contribution in [0.15, 0.2) is 54.6 Å². The predicted molar refractivity (Wildman–Crippen MR) is 104 cm³/mol. The minimum atomic E-state index is -0.368. The summed E-state index contributed by atoms with van der Waals surface area (Å²) in [6.45, 7) is 5.00. The van der Waals surface area contributed by atoms with Crippen molar-refractivity contribution in [2.45, 2.75) is 20.4 Å². The van der Waals surface area contributed by atoms with Gasteiger partial charge in [0.1, 0.15) is 12.4 Å². The first-order valence-electron chi connectivity index (χ1n) is 8.91. The van der Waals surface area contributed by atoms with Gasteiger partial charge in [-0.15, -0.1) is 0 Å². The number of carbonyl (C=O) groups excluding carboxylic acids is 1. The summed E-state index contributed by atoms with van der Waals surface area (Å²) in [5, 5.41) is 7.39. The zero-order chi connectivity index (χ0) is 19.4. The smallest absolute Gasteiger partial charge is 0.279 e. The zero-order valence-corrected chi connectivity index (χ0v) is 15.8. The highest BCUT2D eigenvalue weighted by Gasteiger charge is 2.18. The summed E-state index contributed by atoms with van der Waals surface area (Å²) in [5.74, 6) is -0.517. The molecule has 27 heavy (non-hydrogen) atoms. The molecule has 6 heteroatoms. The lowest BCUT2D eigenvalue weighted by Gasteiger charge is -2.14. The molecule has 1 unspecified atom stereocenters. The molecule has 2 N–H and O–H groups in total. The average molecular weight is 367 g/mol. The highest BCUT2D eigenvalue weighted by molar-refractivity contribution is 5.91. The van der Waals surface area contributed by atoms with Crippen molar-refractivity contribution in [1.29, 1.82) is 0 Å². The minimum Gasteiger partial charge on any atom is -0.326 e. The first-order valence-corrected chi connectivity index (χ1v) is 8.91. The van der Waals surface area contributed by atoms with Crippen LogP contribution in [-0.4, -0.2) is 29.3 Å². The number of likely N-dealkylation sites (N-methyl/N-ethyl adjacent to an activating group) is 1. The number of aromatic nitrogens is 2. The van der Waals surface area contributed by atoms with Crippen LogP contribution in [0.1, 0.15) is 17.0 Å². The van der Waals surface area contributed by atoms with Crippen LogP contribution in [0.2, 0.25) is 0 Å². The molecule has 0 saturated carbocycles. The monoisotopic (exact) mass is 367 g/mol. The molecule has 5 nitrogen and oxygen atoms in total. The van der Waals surface area contributed by atoms with Crippen molar-refractivity contribution in [2.24, 2.45) is 0 Å². The van der Waals surface area contributed by atoms with Crippen LogP contribution < -0.4 is 10.2 Å². The van der Waals surface area contributed by atoms with E-state index in [0.717, 1.165) is 27.5 Å². The number of rotatable bonds is 6. The largest absolute Gasteiger partial charge is 0.326 e. The normalized spacial score (nSPS) is 12.0. The van der Waals surface area contributed by atoms with E-state index < -0.39 is 0 Å². The number of aryl methyl sites for hydroxylation is 1. The number of nitrogens with zero attached hydrogens (tertiary/aromatic N) is 2. The van der Waals surface area contributed by atoms with E-state index in [4.69, 9.17) is 0 Å². The van der Waals surface area contributed by atoms with Crippen LogP contribution >= 0.6 is 0 Å². The molecule has 0 aliphatic rings. The van der Waals surface area contributed by atoms with Crippen molar-refractivity contribution in [3.8, 4) is 5.69 Å².